The lowest BCUT2D eigenvalue weighted by Gasteiger charge is -2.39. The van der Waals surface area contributed by atoms with E-state index in [0.29, 0.717) is 6.04 Å². The largest absolute Gasteiger partial charge is 0.373 e. The molecule has 0 amide bonds. The van der Waals surface area contributed by atoms with E-state index in [0.717, 1.165) is 52.0 Å². The standard InChI is InChI=1S/C21H28N4O/c1-24(15-18-4-2-8-22-13-18)20-12-21(26-17-20)6-10-25(11-7-21)16-19-5-3-9-23-14-19/h2-5,8-9,13-14,20H,6-7,10-12,15-17H2,1H3. The number of aromatic nitrogens is 2. The molecule has 1 unspecified atom stereocenters. The third-order valence-electron chi connectivity index (χ3n) is 5.86. The number of hydrogen-bond acceptors (Lipinski definition) is 5. The number of hydrogen-bond donors (Lipinski definition) is 0. The van der Waals surface area contributed by atoms with Crippen LogP contribution in [0.4, 0.5) is 0 Å². The second-order valence-electron chi connectivity index (χ2n) is 7.77. The van der Waals surface area contributed by atoms with Crippen molar-refractivity contribution < 1.29 is 4.74 Å². The van der Waals surface area contributed by atoms with Gasteiger partial charge in [-0.3, -0.25) is 19.8 Å². The van der Waals surface area contributed by atoms with Gasteiger partial charge in [0.15, 0.2) is 0 Å². The van der Waals surface area contributed by atoms with Gasteiger partial charge in [0.2, 0.25) is 0 Å². The number of likely N-dealkylation sites (tertiary alicyclic amines) is 1. The van der Waals surface area contributed by atoms with Crippen LogP contribution in [0.2, 0.25) is 0 Å². The van der Waals surface area contributed by atoms with Crippen molar-refractivity contribution in [3.63, 3.8) is 0 Å². The number of piperidine rings is 1. The zero-order chi connectivity index (χ0) is 17.8. The minimum atomic E-state index is 0.0826. The lowest BCUT2D eigenvalue weighted by molar-refractivity contribution is -0.0452. The summed E-state index contributed by atoms with van der Waals surface area (Å²) in [5, 5.41) is 0. The molecule has 0 aromatic carbocycles. The summed E-state index contributed by atoms with van der Waals surface area (Å²) in [7, 11) is 2.21. The van der Waals surface area contributed by atoms with Gasteiger partial charge in [0.1, 0.15) is 0 Å². The Balaban J connectivity index is 1.28. The van der Waals surface area contributed by atoms with Gasteiger partial charge in [0, 0.05) is 57.0 Å². The molecule has 4 heterocycles. The van der Waals surface area contributed by atoms with Crippen molar-refractivity contribution in [1.29, 1.82) is 0 Å². The molecule has 1 atom stereocenters. The highest BCUT2D eigenvalue weighted by Gasteiger charge is 2.43. The fourth-order valence-corrected chi connectivity index (χ4v) is 4.23. The molecule has 138 valence electrons. The molecular formula is C21H28N4O. The van der Waals surface area contributed by atoms with Crippen LogP contribution in [-0.4, -0.2) is 58.2 Å². The van der Waals surface area contributed by atoms with Gasteiger partial charge in [0.25, 0.3) is 0 Å². The first-order valence-electron chi connectivity index (χ1n) is 9.57. The number of likely N-dealkylation sites (N-methyl/N-ethyl adjacent to an activating group) is 1. The zero-order valence-corrected chi connectivity index (χ0v) is 15.6. The van der Waals surface area contributed by atoms with Gasteiger partial charge in [-0.2, -0.15) is 0 Å². The molecule has 5 nitrogen and oxygen atoms in total. The van der Waals surface area contributed by atoms with Gasteiger partial charge in [0.05, 0.1) is 12.2 Å². The molecule has 0 saturated carbocycles. The Hall–Kier alpha value is -1.82. The molecule has 2 aliphatic heterocycles. The zero-order valence-electron chi connectivity index (χ0n) is 15.6. The molecule has 26 heavy (non-hydrogen) atoms. The smallest absolute Gasteiger partial charge is 0.0723 e. The maximum atomic E-state index is 6.36. The molecule has 0 aliphatic carbocycles. The van der Waals surface area contributed by atoms with Crippen molar-refractivity contribution >= 4 is 0 Å². The minimum absolute atomic E-state index is 0.0826. The van der Waals surface area contributed by atoms with E-state index in [1.807, 2.05) is 36.9 Å². The summed E-state index contributed by atoms with van der Waals surface area (Å²) in [5.74, 6) is 0. The van der Waals surface area contributed by atoms with E-state index in [1.54, 1.807) is 0 Å². The van der Waals surface area contributed by atoms with E-state index >= 15 is 0 Å². The lowest BCUT2D eigenvalue weighted by atomic mass is 9.87. The van der Waals surface area contributed by atoms with Gasteiger partial charge < -0.3 is 4.74 Å². The third-order valence-corrected chi connectivity index (χ3v) is 5.86. The van der Waals surface area contributed by atoms with Gasteiger partial charge >= 0.3 is 0 Å². The molecule has 2 saturated heterocycles. The Labute approximate surface area is 156 Å². The monoisotopic (exact) mass is 352 g/mol. The van der Waals surface area contributed by atoms with Crippen molar-refractivity contribution in [3.05, 3.63) is 60.2 Å². The maximum Gasteiger partial charge on any atom is 0.0723 e. The quantitative estimate of drug-likeness (QED) is 0.828. The average Bonchev–Trinajstić information content (AvgIpc) is 3.10. The van der Waals surface area contributed by atoms with E-state index in [1.165, 1.54) is 11.1 Å². The Morgan fingerprint density at radius 1 is 1.12 bits per heavy atom. The molecule has 5 heteroatoms. The highest BCUT2D eigenvalue weighted by molar-refractivity contribution is 5.10. The molecule has 0 N–H and O–H groups in total. The topological polar surface area (TPSA) is 41.5 Å². The summed E-state index contributed by atoms with van der Waals surface area (Å²) in [5.41, 5.74) is 2.64. The molecule has 2 fully saturated rings. The summed E-state index contributed by atoms with van der Waals surface area (Å²) in [6, 6.07) is 8.83. The number of ether oxygens (including phenoxy) is 1. The Bertz CT molecular complexity index is 686. The predicted octanol–water partition coefficient (Wildman–Crippen LogP) is 2.73. The van der Waals surface area contributed by atoms with Crippen molar-refractivity contribution in [2.45, 2.75) is 44.0 Å². The first-order chi connectivity index (χ1) is 12.7. The summed E-state index contributed by atoms with van der Waals surface area (Å²) >= 11 is 0. The molecule has 2 aromatic rings. The van der Waals surface area contributed by atoms with Crippen LogP contribution in [0.3, 0.4) is 0 Å². The SMILES string of the molecule is CN(Cc1cccnc1)C1COC2(CCN(Cc3cccnc3)CC2)C1. The fourth-order valence-electron chi connectivity index (χ4n) is 4.23. The lowest BCUT2D eigenvalue weighted by Crippen LogP contribution is -2.44. The molecule has 1 spiro atoms. The summed E-state index contributed by atoms with van der Waals surface area (Å²) in [4.78, 5) is 13.4. The first-order valence-corrected chi connectivity index (χ1v) is 9.57. The summed E-state index contributed by atoms with van der Waals surface area (Å²) in [6.07, 6.45) is 11.0. The van der Waals surface area contributed by atoms with Crippen molar-refractivity contribution in [2.24, 2.45) is 0 Å². The van der Waals surface area contributed by atoms with Crippen molar-refractivity contribution in [3.8, 4) is 0 Å². The van der Waals surface area contributed by atoms with Crippen LogP contribution >= 0.6 is 0 Å². The third kappa shape index (κ3) is 4.11. The van der Waals surface area contributed by atoms with Gasteiger partial charge in [-0.05, 0) is 49.6 Å². The summed E-state index contributed by atoms with van der Waals surface area (Å²) < 4.78 is 6.36. The molecule has 0 radical (unpaired) electrons. The average molecular weight is 352 g/mol. The Morgan fingerprint density at radius 3 is 2.46 bits per heavy atom. The normalized spacial score (nSPS) is 22.9. The van der Waals surface area contributed by atoms with Crippen LogP contribution < -0.4 is 0 Å². The highest BCUT2D eigenvalue weighted by atomic mass is 16.5. The van der Waals surface area contributed by atoms with Crippen LogP contribution in [0.25, 0.3) is 0 Å². The van der Waals surface area contributed by atoms with E-state index in [2.05, 4.69) is 38.9 Å². The molecule has 4 rings (SSSR count). The molecular weight excluding hydrogens is 324 g/mol. The Morgan fingerprint density at radius 2 is 1.81 bits per heavy atom. The van der Waals surface area contributed by atoms with E-state index in [9.17, 15) is 0 Å². The first kappa shape index (κ1) is 17.6. The second-order valence-corrected chi connectivity index (χ2v) is 7.77. The van der Waals surface area contributed by atoms with E-state index < -0.39 is 0 Å². The van der Waals surface area contributed by atoms with Crippen LogP contribution in [0.15, 0.2) is 49.1 Å². The number of pyridine rings is 2. The minimum Gasteiger partial charge on any atom is -0.373 e. The van der Waals surface area contributed by atoms with Crippen molar-refractivity contribution in [1.82, 2.24) is 19.8 Å². The Kier molecular flexibility index (Phi) is 5.29. The van der Waals surface area contributed by atoms with Gasteiger partial charge in [-0.1, -0.05) is 12.1 Å². The van der Waals surface area contributed by atoms with Crippen LogP contribution in [0.5, 0.6) is 0 Å². The van der Waals surface area contributed by atoms with Crippen molar-refractivity contribution in [2.75, 3.05) is 26.7 Å². The molecule has 0 bridgehead atoms. The fraction of sp³-hybridized carbons (Fsp3) is 0.524. The molecule has 2 aliphatic rings. The molecule has 2 aromatic heterocycles. The van der Waals surface area contributed by atoms with Gasteiger partial charge in [-0.15, -0.1) is 0 Å². The van der Waals surface area contributed by atoms with Crippen LogP contribution in [-0.2, 0) is 17.8 Å². The number of rotatable bonds is 5. The summed E-state index contributed by atoms with van der Waals surface area (Å²) in [6.45, 7) is 4.99. The number of nitrogens with zero attached hydrogens (tertiary/aromatic N) is 4. The van der Waals surface area contributed by atoms with Crippen LogP contribution in [0.1, 0.15) is 30.4 Å². The van der Waals surface area contributed by atoms with Crippen LogP contribution in [0, 0.1) is 0 Å². The second kappa shape index (κ2) is 7.82. The van der Waals surface area contributed by atoms with Gasteiger partial charge in [-0.25, -0.2) is 0 Å². The predicted molar refractivity (Wildman–Crippen MR) is 102 cm³/mol. The van der Waals surface area contributed by atoms with E-state index in [4.69, 9.17) is 4.74 Å². The van der Waals surface area contributed by atoms with E-state index in [-0.39, 0.29) is 5.60 Å². The highest BCUT2D eigenvalue weighted by Crippen LogP contribution is 2.37. The maximum absolute atomic E-state index is 6.36.